The Morgan fingerprint density at radius 3 is 2.64 bits per heavy atom. The van der Waals surface area contributed by atoms with Gasteiger partial charge in [0.2, 0.25) is 0 Å². The fourth-order valence-electron chi connectivity index (χ4n) is 2.44. The zero-order chi connectivity index (χ0) is 19.9. The Morgan fingerprint density at radius 2 is 1.93 bits per heavy atom. The van der Waals surface area contributed by atoms with E-state index in [0.717, 1.165) is 21.5 Å². The number of para-hydroxylation sites is 1. The molecular weight excluding hydrogens is 376 g/mol. The van der Waals surface area contributed by atoms with Crippen LogP contribution in [-0.2, 0) is 20.9 Å². The van der Waals surface area contributed by atoms with Crippen molar-refractivity contribution in [3.63, 3.8) is 0 Å². The summed E-state index contributed by atoms with van der Waals surface area (Å²) < 4.78 is 11.3. The maximum absolute atomic E-state index is 12.1. The van der Waals surface area contributed by atoms with E-state index in [2.05, 4.69) is 10.3 Å². The Kier molecular flexibility index (Phi) is 6.39. The van der Waals surface area contributed by atoms with Crippen LogP contribution in [0.25, 0.3) is 16.3 Å². The summed E-state index contributed by atoms with van der Waals surface area (Å²) in [6.45, 7) is 1.87. The third-order valence-corrected chi connectivity index (χ3v) is 4.96. The highest BCUT2D eigenvalue weighted by Gasteiger charge is 2.16. The third kappa shape index (κ3) is 5.17. The third-order valence-electron chi connectivity index (χ3n) is 3.96. The number of thiazole rings is 1. The van der Waals surface area contributed by atoms with Gasteiger partial charge in [0.05, 0.1) is 17.3 Å². The lowest BCUT2D eigenvalue weighted by Crippen LogP contribution is -2.35. The summed E-state index contributed by atoms with van der Waals surface area (Å²) >= 11 is 1.48. The molecule has 0 spiro atoms. The molecule has 1 N–H and O–H groups in total. The van der Waals surface area contributed by atoms with Crippen molar-refractivity contribution < 1.29 is 19.1 Å². The summed E-state index contributed by atoms with van der Waals surface area (Å²) in [6.07, 6.45) is 1.98. The van der Waals surface area contributed by atoms with Crippen LogP contribution in [0.5, 0.6) is 5.75 Å². The number of fused-ring (bicyclic) bond motifs is 1. The van der Waals surface area contributed by atoms with E-state index in [1.165, 1.54) is 24.3 Å². The van der Waals surface area contributed by atoms with Crippen LogP contribution in [0.4, 0.5) is 0 Å². The Hall–Kier alpha value is -3.19. The van der Waals surface area contributed by atoms with Crippen LogP contribution in [0.15, 0.2) is 54.6 Å². The lowest BCUT2D eigenvalue weighted by atomic mass is 10.2. The maximum Gasteiger partial charge on any atom is 0.331 e. The molecule has 1 aromatic heterocycles. The summed E-state index contributed by atoms with van der Waals surface area (Å²) in [5, 5.41) is 3.45. The zero-order valence-electron chi connectivity index (χ0n) is 15.5. The normalized spacial score (nSPS) is 12.1. The average Bonchev–Trinajstić information content (AvgIpc) is 3.14. The second-order valence-corrected chi connectivity index (χ2v) is 7.06. The minimum Gasteiger partial charge on any atom is -0.497 e. The van der Waals surface area contributed by atoms with Gasteiger partial charge in [-0.3, -0.25) is 4.79 Å². The van der Waals surface area contributed by atoms with E-state index in [-0.39, 0.29) is 5.91 Å². The second kappa shape index (κ2) is 9.14. The Labute approximate surface area is 166 Å². The molecule has 0 saturated carbocycles. The Bertz CT molecular complexity index is 962. The molecular formula is C21H20N2O4S. The number of hydrogen-bond donors (Lipinski definition) is 1. The number of methoxy groups -OCH3 is 1. The molecule has 3 aromatic rings. The van der Waals surface area contributed by atoms with Crippen molar-refractivity contribution in [1.29, 1.82) is 0 Å². The zero-order valence-corrected chi connectivity index (χ0v) is 16.4. The van der Waals surface area contributed by atoms with E-state index in [9.17, 15) is 9.59 Å². The summed E-state index contributed by atoms with van der Waals surface area (Å²) in [5.74, 6) is -0.207. The fraction of sp³-hybridized carbons (Fsp3) is 0.190. The molecule has 0 unspecified atom stereocenters. The monoisotopic (exact) mass is 396 g/mol. The number of carbonyl (C=O) groups excluding carboxylic acids is 2. The lowest BCUT2D eigenvalue weighted by Gasteiger charge is -2.12. The Morgan fingerprint density at radius 1 is 1.18 bits per heavy atom. The molecule has 0 bridgehead atoms. The van der Waals surface area contributed by atoms with Gasteiger partial charge in [-0.15, -0.1) is 11.3 Å². The van der Waals surface area contributed by atoms with Gasteiger partial charge in [0.15, 0.2) is 6.10 Å². The molecule has 0 saturated heterocycles. The van der Waals surface area contributed by atoms with Crippen molar-refractivity contribution in [2.75, 3.05) is 7.11 Å². The first-order valence-corrected chi connectivity index (χ1v) is 9.51. The van der Waals surface area contributed by atoms with Crippen molar-refractivity contribution in [3.8, 4) is 5.75 Å². The minimum atomic E-state index is -0.897. The van der Waals surface area contributed by atoms with Gasteiger partial charge in [-0.25, -0.2) is 9.78 Å². The topological polar surface area (TPSA) is 77.5 Å². The Balaban J connectivity index is 1.49. The molecule has 6 nitrogen and oxygen atoms in total. The summed E-state index contributed by atoms with van der Waals surface area (Å²) in [4.78, 5) is 28.5. The van der Waals surface area contributed by atoms with Gasteiger partial charge < -0.3 is 14.8 Å². The highest BCUT2D eigenvalue weighted by Crippen LogP contribution is 2.22. The fourth-order valence-corrected chi connectivity index (χ4v) is 3.31. The van der Waals surface area contributed by atoms with E-state index < -0.39 is 12.1 Å². The largest absolute Gasteiger partial charge is 0.497 e. The first-order valence-electron chi connectivity index (χ1n) is 8.70. The van der Waals surface area contributed by atoms with Crippen LogP contribution in [0.3, 0.4) is 0 Å². The lowest BCUT2D eigenvalue weighted by molar-refractivity contribution is -0.150. The standard InChI is InChI=1S/C21H20N2O4S/c1-14(21(25)22-13-15-7-9-16(26-2)10-8-15)27-20(24)12-11-19-23-17-5-3-4-6-18(17)28-19/h3-12,14H,13H2,1-2H3,(H,22,25)/b12-11+/t14-/m1/s1. The van der Waals surface area contributed by atoms with Gasteiger partial charge in [-0.05, 0) is 42.8 Å². The van der Waals surface area contributed by atoms with Gasteiger partial charge in [-0.2, -0.15) is 0 Å². The number of amides is 1. The molecule has 28 heavy (non-hydrogen) atoms. The van der Waals surface area contributed by atoms with Gasteiger partial charge in [0.1, 0.15) is 10.8 Å². The number of ether oxygens (including phenoxy) is 2. The highest BCUT2D eigenvalue weighted by molar-refractivity contribution is 7.19. The van der Waals surface area contributed by atoms with E-state index in [4.69, 9.17) is 9.47 Å². The molecule has 0 aliphatic rings. The predicted octanol–water partition coefficient (Wildman–Crippen LogP) is 3.57. The number of hydrogen-bond acceptors (Lipinski definition) is 6. The number of aromatic nitrogens is 1. The van der Waals surface area contributed by atoms with Gasteiger partial charge in [-0.1, -0.05) is 24.3 Å². The first kappa shape index (κ1) is 19.6. The molecule has 1 heterocycles. The average molecular weight is 396 g/mol. The molecule has 0 aliphatic carbocycles. The van der Waals surface area contributed by atoms with Crippen LogP contribution in [0.1, 0.15) is 17.5 Å². The van der Waals surface area contributed by atoms with Gasteiger partial charge >= 0.3 is 5.97 Å². The number of esters is 1. The number of benzene rings is 2. The summed E-state index contributed by atoms with van der Waals surface area (Å²) in [6, 6.07) is 15.1. The highest BCUT2D eigenvalue weighted by atomic mass is 32.1. The minimum absolute atomic E-state index is 0.340. The quantitative estimate of drug-likeness (QED) is 0.488. The van der Waals surface area contributed by atoms with Crippen molar-refractivity contribution in [1.82, 2.24) is 10.3 Å². The molecule has 7 heteroatoms. The second-order valence-electron chi connectivity index (χ2n) is 6.00. The van der Waals surface area contributed by atoms with Crippen LogP contribution in [0, 0.1) is 0 Å². The molecule has 0 radical (unpaired) electrons. The van der Waals surface area contributed by atoms with Crippen molar-refractivity contribution in [3.05, 3.63) is 65.2 Å². The van der Waals surface area contributed by atoms with E-state index in [1.54, 1.807) is 13.2 Å². The van der Waals surface area contributed by atoms with Crippen LogP contribution < -0.4 is 10.1 Å². The summed E-state index contributed by atoms with van der Waals surface area (Å²) in [5.41, 5.74) is 1.80. The van der Waals surface area contributed by atoms with E-state index in [1.807, 2.05) is 48.5 Å². The smallest absolute Gasteiger partial charge is 0.331 e. The molecule has 2 aromatic carbocycles. The maximum atomic E-state index is 12.1. The number of carbonyl (C=O) groups is 2. The first-order chi connectivity index (χ1) is 13.5. The van der Waals surface area contributed by atoms with Crippen molar-refractivity contribution in [2.24, 2.45) is 0 Å². The molecule has 0 aliphatic heterocycles. The van der Waals surface area contributed by atoms with Gasteiger partial charge in [0.25, 0.3) is 5.91 Å². The van der Waals surface area contributed by atoms with Crippen molar-refractivity contribution >= 4 is 39.5 Å². The number of rotatable bonds is 7. The predicted molar refractivity (Wildman–Crippen MR) is 109 cm³/mol. The number of nitrogens with one attached hydrogen (secondary N) is 1. The van der Waals surface area contributed by atoms with Crippen LogP contribution >= 0.6 is 11.3 Å². The molecule has 1 atom stereocenters. The molecule has 1 amide bonds. The SMILES string of the molecule is COc1ccc(CNC(=O)[C@@H](C)OC(=O)/C=C/c2nc3ccccc3s2)cc1. The molecule has 0 fully saturated rings. The van der Waals surface area contributed by atoms with Crippen LogP contribution in [-0.4, -0.2) is 30.1 Å². The summed E-state index contributed by atoms with van der Waals surface area (Å²) in [7, 11) is 1.60. The van der Waals surface area contributed by atoms with E-state index in [0.29, 0.717) is 11.6 Å². The van der Waals surface area contributed by atoms with Crippen molar-refractivity contribution in [2.45, 2.75) is 19.6 Å². The molecule has 144 valence electrons. The molecule has 3 rings (SSSR count). The van der Waals surface area contributed by atoms with Gasteiger partial charge in [0, 0.05) is 12.6 Å². The number of nitrogens with zero attached hydrogens (tertiary/aromatic N) is 1. The van der Waals surface area contributed by atoms with E-state index >= 15 is 0 Å². The van der Waals surface area contributed by atoms with Crippen LogP contribution in [0.2, 0.25) is 0 Å².